The maximum Gasteiger partial charge on any atom is 0.243 e. The van der Waals surface area contributed by atoms with Gasteiger partial charge in [0.1, 0.15) is 5.76 Å². The number of hydrogen-bond donors (Lipinski definition) is 1. The standard InChI is InChI=1S/C27H34N2O5S/c1-16-14-17(2)19(4)26(18(16)3)35(31,32)29-12-10-21(11-13-29)27(30)28-20(5)24-15-22-8-7-9-23(33-6)25(22)34-24/h7-9,14-15,20-21H,10-13H2,1-6H3,(H,28,30). The van der Waals surface area contributed by atoms with Gasteiger partial charge in [-0.2, -0.15) is 4.31 Å². The molecule has 0 saturated carbocycles. The molecule has 1 N–H and O–H groups in total. The number of hydrogen-bond acceptors (Lipinski definition) is 5. The summed E-state index contributed by atoms with van der Waals surface area (Å²) in [5, 5.41) is 3.95. The smallest absolute Gasteiger partial charge is 0.243 e. The molecule has 2 aromatic carbocycles. The van der Waals surface area contributed by atoms with E-state index < -0.39 is 10.0 Å². The van der Waals surface area contributed by atoms with E-state index in [9.17, 15) is 13.2 Å². The van der Waals surface area contributed by atoms with Gasteiger partial charge in [0.15, 0.2) is 11.3 Å². The number of nitrogens with one attached hydrogen (secondary N) is 1. The first kappa shape index (κ1) is 25.3. The minimum atomic E-state index is -3.63. The van der Waals surface area contributed by atoms with E-state index >= 15 is 0 Å². The molecule has 2 heterocycles. The fourth-order valence-electron chi connectivity index (χ4n) is 4.89. The number of para-hydroxylation sites is 1. The molecular weight excluding hydrogens is 464 g/mol. The van der Waals surface area contributed by atoms with Crippen molar-refractivity contribution >= 4 is 26.9 Å². The molecule has 3 aromatic rings. The highest BCUT2D eigenvalue weighted by atomic mass is 32.2. The van der Waals surface area contributed by atoms with Crippen LogP contribution in [0.1, 0.15) is 53.8 Å². The summed E-state index contributed by atoms with van der Waals surface area (Å²) in [5.74, 6) is 0.971. The number of piperidine rings is 1. The first-order chi connectivity index (χ1) is 16.5. The largest absolute Gasteiger partial charge is 0.493 e. The summed E-state index contributed by atoms with van der Waals surface area (Å²) in [7, 11) is -2.04. The molecule has 0 aliphatic carbocycles. The van der Waals surface area contributed by atoms with Crippen molar-refractivity contribution < 1.29 is 22.4 Å². The molecule has 1 unspecified atom stereocenters. The van der Waals surface area contributed by atoms with Crippen LogP contribution in [-0.4, -0.2) is 38.8 Å². The minimum Gasteiger partial charge on any atom is -0.493 e. The maximum atomic E-state index is 13.5. The Labute approximate surface area is 207 Å². The normalized spacial score (nSPS) is 16.4. The number of nitrogens with zero attached hydrogens (tertiary/aromatic N) is 1. The van der Waals surface area contributed by atoms with Crippen LogP contribution in [0.4, 0.5) is 0 Å². The van der Waals surface area contributed by atoms with Crippen molar-refractivity contribution in [2.75, 3.05) is 20.2 Å². The van der Waals surface area contributed by atoms with Crippen LogP contribution < -0.4 is 10.1 Å². The first-order valence-corrected chi connectivity index (χ1v) is 13.4. The van der Waals surface area contributed by atoms with Crippen LogP contribution in [0.3, 0.4) is 0 Å². The van der Waals surface area contributed by atoms with Gasteiger partial charge in [-0.3, -0.25) is 4.79 Å². The van der Waals surface area contributed by atoms with Crippen LogP contribution in [0.5, 0.6) is 5.75 Å². The lowest BCUT2D eigenvalue weighted by molar-refractivity contribution is -0.126. The van der Waals surface area contributed by atoms with Gasteiger partial charge in [0.05, 0.1) is 18.0 Å². The number of rotatable bonds is 6. The van der Waals surface area contributed by atoms with E-state index in [-0.39, 0.29) is 17.9 Å². The molecule has 4 rings (SSSR count). The Morgan fingerprint density at radius 3 is 2.31 bits per heavy atom. The summed E-state index contributed by atoms with van der Waals surface area (Å²) in [5.41, 5.74) is 4.19. The van der Waals surface area contributed by atoms with Crippen LogP contribution in [0.15, 0.2) is 39.6 Å². The molecule has 1 aliphatic rings. The zero-order chi connectivity index (χ0) is 25.5. The Bertz CT molecular complexity index is 1340. The van der Waals surface area contributed by atoms with Gasteiger partial charge < -0.3 is 14.5 Å². The second-order valence-corrected chi connectivity index (χ2v) is 11.4. The number of sulfonamides is 1. The molecule has 0 radical (unpaired) electrons. The van der Waals surface area contributed by atoms with Crippen molar-refractivity contribution in [1.29, 1.82) is 0 Å². The van der Waals surface area contributed by atoms with Crippen LogP contribution >= 0.6 is 0 Å². The van der Waals surface area contributed by atoms with Gasteiger partial charge in [-0.25, -0.2) is 8.42 Å². The lowest BCUT2D eigenvalue weighted by Crippen LogP contribution is -2.43. The maximum absolute atomic E-state index is 13.5. The van der Waals surface area contributed by atoms with E-state index in [1.807, 2.05) is 65.0 Å². The van der Waals surface area contributed by atoms with Crippen molar-refractivity contribution in [3.05, 3.63) is 58.3 Å². The molecule has 1 atom stereocenters. The quantitative estimate of drug-likeness (QED) is 0.519. The molecule has 1 aliphatic heterocycles. The molecule has 7 nitrogen and oxygen atoms in total. The number of furan rings is 1. The number of benzene rings is 2. The number of aryl methyl sites for hydroxylation is 2. The summed E-state index contributed by atoms with van der Waals surface area (Å²) in [4.78, 5) is 13.4. The third-order valence-corrected chi connectivity index (χ3v) is 9.43. The van der Waals surface area contributed by atoms with E-state index in [4.69, 9.17) is 9.15 Å². The molecular formula is C27H34N2O5S. The van der Waals surface area contributed by atoms with Crippen molar-refractivity contribution in [2.24, 2.45) is 5.92 Å². The van der Waals surface area contributed by atoms with Crippen LogP contribution in [0.25, 0.3) is 11.0 Å². The molecule has 1 amide bonds. The number of carbonyl (C=O) groups is 1. The number of methoxy groups -OCH3 is 1. The summed E-state index contributed by atoms with van der Waals surface area (Å²) in [6.07, 6.45) is 0.962. The van der Waals surface area contributed by atoms with E-state index in [0.717, 1.165) is 27.6 Å². The topological polar surface area (TPSA) is 88.9 Å². The average molecular weight is 499 g/mol. The van der Waals surface area contributed by atoms with Crippen molar-refractivity contribution in [3.8, 4) is 5.75 Å². The van der Waals surface area contributed by atoms with Gasteiger partial charge >= 0.3 is 0 Å². The van der Waals surface area contributed by atoms with Crippen LogP contribution in [0.2, 0.25) is 0 Å². The Hall–Kier alpha value is -2.84. The highest BCUT2D eigenvalue weighted by molar-refractivity contribution is 7.89. The Kier molecular flexibility index (Phi) is 6.97. The van der Waals surface area contributed by atoms with E-state index in [0.29, 0.717) is 47.9 Å². The average Bonchev–Trinajstić information content (AvgIpc) is 3.27. The third kappa shape index (κ3) is 4.69. The number of amides is 1. The summed E-state index contributed by atoms with van der Waals surface area (Å²) >= 11 is 0. The molecule has 1 fully saturated rings. The van der Waals surface area contributed by atoms with Crippen LogP contribution in [-0.2, 0) is 14.8 Å². The molecule has 8 heteroatoms. The number of ether oxygens (including phenoxy) is 1. The lowest BCUT2D eigenvalue weighted by atomic mass is 9.97. The lowest BCUT2D eigenvalue weighted by Gasteiger charge is -2.32. The highest BCUT2D eigenvalue weighted by Crippen LogP contribution is 2.33. The first-order valence-electron chi connectivity index (χ1n) is 12.0. The van der Waals surface area contributed by atoms with Crippen molar-refractivity contribution in [3.63, 3.8) is 0 Å². The van der Waals surface area contributed by atoms with Gasteiger partial charge in [-0.15, -0.1) is 0 Å². The second kappa shape index (κ2) is 9.66. The third-order valence-electron chi connectivity index (χ3n) is 7.25. The highest BCUT2D eigenvalue weighted by Gasteiger charge is 2.34. The van der Waals surface area contributed by atoms with Gasteiger partial charge in [0, 0.05) is 24.4 Å². The summed E-state index contributed by atoms with van der Waals surface area (Å²) in [6, 6.07) is 9.29. The minimum absolute atomic E-state index is 0.0827. The van der Waals surface area contributed by atoms with E-state index in [1.54, 1.807) is 7.11 Å². The van der Waals surface area contributed by atoms with Gasteiger partial charge in [-0.1, -0.05) is 18.2 Å². The van der Waals surface area contributed by atoms with E-state index in [1.165, 1.54) is 4.31 Å². The van der Waals surface area contributed by atoms with Crippen molar-refractivity contribution in [2.45, 2.75) is 58.4 Å². The van der Waals surface area contributed by atoms with Crippen LogP contribution in [0, 0.1) is 33.6 Å². The molecule has 188 valence electrons. The fourth-order valence-corrected chi connectivity index (χ4v) is 6.93. The SMILES string of the molecule is COc1cccc2cc(C(C)NC(=O)C3CCN(S(=O)(=O)c4c(C)c(C)cc(C)c4C)CC3)oc12. The number of fused-ring (bicyclic) bond motifs is 1. The van der Waals surface area contributed by atoms with Gasteiger partial charge in [0.25, 0.3) is 0 Å². The fraction of sp³-hybridized carbons (Fsp3) is 0.444. The monoisotopic (exact) mass is 498 g/mol. The summed E-state index contributed by atoms with van der Waals surface area (Å²) < 4.78 is 39.9. The molecule has 35 heavy (non-hydrogen) atoms. The zero-order valence-corrected chi connectivity index (χ0v) is 22.1. The van der Waals surface area contributed by atoms with E-state index in [2.05, 4.69) is 5.32 Å². The van der Waals surface area contributed by atoms with Gasteiger partial charge in [0.2, 0.25) is 15.9 Å². The molecule has 1 saturated heterocycles. The zero-order valence-electron chi connectivity index (χ0n) is 21.3. The Morgan fingerprint density at radius 2 is 1.71 bits per heavy atom. The number of carbonyl (C=O) groups excluding carboxylic acids is 1. The Balaban J connectivity index is 1.43. The predicted octanol–water partition coefficient (Wildman–Crippen LogP) is 4.95. The molecule has 0 bridgehead atoms. The molecule has 1 aromatic heterocycles. The Morgan fingerprint density at radius 1 is 1.09 bits per heavy atom. The molecule has 0 spiro atoms. The van der Waals surface area contributed by atoms with Gasteiger partial charge in [-0.05, 0) is 81.8 Å². The predicted molar refractivity (Wildman–Crippen MR) is 136 cm³/mol. The second-order valence-electron chi connectivity index (χ2n) is 9.53. The van der Waals surface area contributed by atoms with Crippen molar-refractivity contribution in [1.82, 2.24) is 9.62 Å². The summed E-state index contributed by atoms with van der Waals surface area (Å²) in [6.45, 7) is 10.1.